The highest BCUT2D eigenvalue weighted by molar-refractivity contribution is 5.60. The van der Waals surface area contributed by atoms with Crippen LogP contribution in [-0.4, -0.2) is 12.9 Å². The molecular formula is C16H19O3. The van der Waals surface area contributed by atoms with Crippen LogP contribution in [0.4, 0.5) is 0 Å². The molecule has 0 bridgehead atoms. The Morgan fingerprint density at radius 1 is 1.32 bits per heavy atom. The highest BCUT2D eigenvalue weighted by atomic mass is 17.2. The number of hydrogen-bond donors (Lipinski definition) is 0. The molecule has 101 valence electrons. The van der Waals surface area contributed by atoms with E-state index < -0.39 is 0 Å². The minimum absolute atomic E-state index is 0.533. The van der Waals surface area contributed by atoms with Crippen LogP contribution in [-0.2, 0) is 16.1 Å². The third kappa shape index (κ3) is 4.21. The molecule has 1 aliphatic rings. The summed E-state index contributed by atoms with van der Waals surface area (Å²) < 4.78 is 0. The lowest BCUT2D eigenvalue weighted by molar-refractivity contribution is -0.203. The van der Waals surface area contributed by atoms with Gasteiger partial charge in [0.25, 0.3) is 0 Å². The summed E-state index contributed by atoms with van der Waals surface area (Å²) in [6.07, 6.45) is 11.5. The Kier molecular flexibility index (Phi) is 5.63. The first-order chi connectivity index (χ1) is 9.42. The fourth-order valence-corrected chi connectivity index (χ4v) is 2.13. The first-order valence-electron chi connectivity index (χ1n) is 6.84. The van der Waals surface area contributed by atoms with E-state index >= 15 is 0 Å². The number of aryl methyl sites for hydroxylation is 1. The SMILES string of the molecule is O=[C]CCCC/C=C/c1cccc2c1OOCCC2. The lowest BCUT2D eigenvalue weighted by Crippen LogP contribution is -1.97. The first kappa shape index (κ1) is 13.8. The number of allylic oxidation sites excluding steroid dienone is 1. The summed E-state index contributed by atoms with van der Waals surface area (Å²) in [7, 11) is 0. The molecule has 0 saturated heterocycles. The van der Waals surface area contributed by atoms with Crippen LogP contribution < -0.4 is 4.89 Å². The third-order valence-corrected chi connectivity index (χ3v) is 3.14. The fraction of sp³-hybridized carbons (Fsp3) is 0.438. The van der Waals surface area contributed by atoms with Gasteiger partial charge in [0.05, 0.1) is 6.61 Å². The zero-order chi connectivity index (χ0) is 13.3. The minimum atomic E-state index is 0.533. The largest absolute Gasteiger partial charge is 0.337 e. The molecule has 0 N–H and O–H groups in total. The number of para-hydroxylation sites is 1. The van der Waals surface area contributed by atoms with Crippen molar-refractivity contribution in [3.05, 3.63) is 35.4 Å². The quantitative estimate of drug-likeness (QED) is 0.578. The van der Waals surface area contributed by atoms with Crippen LogP contribution >= 0.6 is 0 Å². The fourth-order valence-electron chi connectivity index (χ4n) is 2.13. The predicted octanol–water partition coefficient (Wildman–Crippen LogP) is 3.63. The van der Waals surface area contributed by atoms with Crippen LogP contribution in [0.3, 0.4) is 0 Å². The summed E-state index contributed by atoms with van der Waals surface area (Å²) in [4.78, 5) is 20.6. The summed E-state index contributed by atoms with van der Waals surface area (Å²) in [6.45, 7) is 0.639. The maximum absolute atomic E-state index is 10.1. The van der Waals surface area contributed by atoms with Gasteiger partial charge in [0.15, 0.2) is 12.0 Å². The van der Waals surface area contributed by atoms with Crippen LogP contribution in [0.5, 0.6) is 5.75 Å². The van der Waals surface area contributed by atoms with E-state index in [1.54, 1.807) is 0 Å². The van der Waals surface area contributed by atoms with Crippen LogP contribution in [0.1, 0.15) is 43.2 Å². The van der Waals surface area contributed by atoms with E-state index in [1.807, 2.05) is 12.4 Å². The zero-order valence-corrected chi connectivity index (χ0v) is 11.1. The third-order valence-electron chi connectivity index (χ3n) is 3.14. The first-order valence-corrected chi connectivity index (χ1v) is 6.84. The maximum atomic E-state index is 10.1. The average molecular weight is 259 g/mol. The summed E-state index contributed by atoms with van der Waals surface area (Å²) in [5.74, 6) is 0.845. The van der Waals surface area contributed by atoms with E-state index in [9.17, 15) is 4.79 Å². The van der Waals surface area contributed by atoms with Crippen LogP contribution in [0.2, 0.25) is 0 Å². The van der Waals surface area contributed by atoms with E-state index in [0.29, 0.717) is 13.0 Å². The molecule has 0 unspecified atom stereocenters. The van der Waals surface area contributed by atoms with Crippen LogP contribution in [0.25, 0.3) is 6.08 Å². The van der Waals surface area contributed by atoms with Crippen LogP contribution in [0.15, 0.2) is 24.3 Å². The Bertz CT molecular complexity index is 438. The lowest BCUT2D eigenvalue weighted by Gasteiger charge is -2.07. The molecule has 3 nitrogen and oxygen atoms in total. The van der Waals surface area contributed by atoms with Gasteiger partial charge in [-0.2, -0.15) is 4.89 Å². The summed E-state index contributed by atoms with van der Waals surface area (Å²) >= 11 is 0. The molecule has 1 radical (unpaired) electrons. The van der Waals surface area contributed by atoms with Crippen molar-refractivity contribution < 1.29 is 14.6 Å². The topological polar surface area (TPSA) is 35.5 Å². The molecule has 0 fully saturated rings. The van der Waals surface area contributed by atoms with Crippen molar-refractivity contribution in [3.8, 4) is 5.75 Å². The molecule has 1 aliphatic heterocycles. The predicted molar refractivity (Wildman–Crippen MR) is 74.5 cm³/mol. The van der Waals surface area contributed by atoms with Crippen molar-refractivity contribution in [2.24, 2.45) is 0 Å². The number of fused-ring (bicyclic) bond motifs is 1. The van der Waals surface area contributed by atoms with Crippen molar-refractivity contribution in [1.82, 2.24) is 0 Å². The number of unbranched alkanes of at least 4 members (excludes halogenated alkanes) is 3. The van der Waals surface area contributed by atoms with Gasteiger partial charge in [0.2, 0.25) is 0 Å². The number of carbonyl (C=O) groups excluding carboxylic acids is 1. The normalized spacial score (nSPS) is 14.7. The Morgan fingerprint density at radius 3 is 3.16 bits per heavy atom. The Hall–Kier alpha value is -1.61. The molecule has 0 atom stereocenters. The molecule has 3 heteroatoms. The van der Waals surface area contributed by atoms with Gasteiger partial charge in [0.1, 0.15) is 0 Å². The highest BCUT2D eigenvalue weighted by Gasteiger charge is 2.12. The molecule has 0 spiro atoms. The molecule has 1 heterocycles. The Morgan fingerprint density at radius 2 is 2.26 bits per heavy atom. The second-order valence-corrected chi connectivity index (χ2v) is 4.64. The van der Waals surface area contributed by atoms with Gasteiger partial charge in [0, 0.05) is 12.0 Å². The van der Waals surface area contributed by atoms with Gasteiger partial charge in [-0.05, 0) is 37.7 Å². The minimum Gasteiger partial charge on any atom is -0.337 e. The van der Waals surface area contributed by atoms with E-state index in [-0.39, 0.29) is 0 Å². The summed E-state index contributed by atoms with van der Waals surface area (Å²) in [6, 6.07) is 6.17. The van der Waals surface area contributed by atoms with Crippen molar-refractivity contribution in [1.29, 1.82) is 0 Å². The summed E-state index contributed by atoms with van der Waals surface area (Å²) in [5, 5.41) is 0. The van der Waals surface area contributed by atoms with Gasteiger partial charge in [-0.1, -0.05) is 30.4 Å². The second-order valence-electron chi connectivity index (χ2n) is 4.64. The number of hydrogen-bond acceptors (Lipinski definition) is 3. The molecular weight excluding hydrogens is 240 g/mol. The van der Waals surface area contributed by atoms with Gasteiger partial charge < -0.3 is 4.89 Å². The van der Waals surface area contributed by atoms with E-state index in [4.69, 9.17) is 9.78 Å². The van der Waals surface area contributed by atoms with Crippen molar-refractivity contribution in [2.75, 3.05) is 6.61 Å². The van der Waals surface area contributed by atoms with E-state index in [2.05, 4.69) is 24.3 Å². The standard InChI is InChI=1S/C16H19O3/c17-12-5-3-1-2-4-8-14-9-6-10-15-11-7-13-18-19-16(14)15/h4,6,8-10H,1-3,5,7,11,13H2/b8-4+. The zero-order valence-electron chi connectivity index (χ0n) is 11.1. The molecule has 1 aromatic rings. The molecule has 0 amide bonds. The molecule has 1 aromatic carbocycles. The van der Waals surface area contributed by atoms with Crippen molar-refractivity contribution in [3.63, 3.8) is 0 Å². The van der Waals surface area contributed by atoms with Crippen molar-refractivity contribution >= 4 is 12.4 Å². The summed E-state index contributed by atoms with van der Waals surface area (Å²) in [5.41, 5.74) is 2.26. The molecule has 19 heavy (non-hydrogen) atoms. The van der Waals surface area contributed by atoms with E-state index in [0.717, 1.165) is 43.4 Å². The monoisotopic (exact) mass is 259 g/mol. The smallest absolute Gasteiger partial charge is 0.198 e. The van der Waals surface area contributed by atoms with Gasteiger partial charge in [-0.15, -0.1) is 0 Å². The lowest BCUT2D eigenvalue weighted by atomic mass is 10.0. The second kappa shape index (κ2) is 7.74. The molecule has 0 saturated carbocycles. The average Bonchev–Trinajstić information content (AvgIpc) is 2.68. The van der Waals surface area contributed by atoms with Gasteiger partial charge in [-0.25, -0.2) is 0 Å². The van der Waals surface area contributed by atoms with Gasteiger partial charge >= 0.3 is 0 Å². The highest BCUT2D eigenvalue weighted by Crippen LogP contribution is 2.28. The Labute approximate surface area is 114 Å². The van der Waals surface area contributed by atoms with Gasteiger partial charge in [-0.3, -0.25) is 4.79 Å². The van der Waals surface area contributed by atoms with Crippen LogP contribution in [0, 0.1) is 0 Å². The number of rotatable bonds is 6. The number of benzene rings is 1. The molecule has 2 rings (SSSR count). The van der Waals surface area contributed by atoms with E-state index in [1.165, 1.54) is 5.56 Å². The molecule has 0 aliphatic carbocycles. The van der Waals surface area contributed by atoms with Crippen molar-refractivity contribution in [2.45, 2.75) is 38.5 Å². The molecule has 0 aromatic heterocycles. The Balaban J connectivity index is 1.96. The maximum Gasteiger partial charge on any atom is 0.198 e.